The van der Waals surface area contributed by atoms with E-state index in [-0.39, 0.29) is 12.1 Å². The van der Waals surface area contributed by atoms with E-state index in [2.05, 4.69) is 4.98 Å². The Morgan fingerprint density at radius 1 is 1.25 bits per heavy atom. The van der Waals surface area contributed by atoms with E-state index in [9.17, 15) is 0 Å². The molecule has 0 aliphatic rings. The maximum Gasteiger partial charge on any atom is 0.0978 e. The van der Waals surface area contributed by atoms with E-state index in [1.54, 1.807) is 12.4 Å². The van der Waals surface area contributed by atoms with Gasteiger partial charge < -0.3 is 10.5 Å². The molecule has 1 aromatic heterocycles. The maximum absolute atomic E-state index is 6.33. The van der Waals surface area contributed by atoms with Gasteiger partial charge in [-0.3, -0.25) is 4.98 Å². The second-order valence-electron chi connectivity index (χ2n) is 4.62. The summed E-state index contributed by atoms with van der Waals surface area (Å²) in [5, 5.41) is 0.645. The standard InChI is InChI=1S/C16H19ClN2O/c1-2-20-16(12-6-4-3-5-7-12)15(18)10-13-8-9-19-11-14(13)17/h3-9,11,15-16H,2,10,18H2,1H3. The molecular weight excluding hydrogens is 272 g/mol. The predicted octanol–water partition coefficient (Wildman–Crippen LogP) is 3.38. The van der Waals surface area contributed by atoms with Crippen molar-refractivity contribution in [1.82, 2.24) is 4.98 Å². The van der Waals surface area contributed by atoms with E-state index in [0.29, 0.717) is 18.1 Å². The summed E-state index contributed by atoms with van der Waals surface area (Å²) >= 11 is 6.14. The Bertz CT molecular complexity index is 533. The van der Waals surface area contributed by atoms with Crippen LogP contribution in [-0.2, 0) is 11.2 Å². The zero-order valence-corrected chi connectivity index (χ0v) is 12.3. The maximum atomic E-state index is 6.33. The molecule has 106 valence electrons. The highest BCUT2D eigenvalue weighted by Crippen LogP contribution is 2.24. The molecule has 2 rings (SSSR count). The van der Waals surface area contributed by atoms with Gasteiger partial charge in [-0.2, -0.15) is 0 Å². The second kappa shape index (κ2) is 7.39. The Labute approximate surface area is 124 Å². The lowest BCUT2D eigenvalue weighted by molar-refractivity contribution is 0.0433. The number of pyridine rings is 1. The lowest BCUT2D eigenvalue weighted by Crippen LogP contribution is -2.32. The first-order valence-corrected chi connectivity index (χ1v) is 7.10. The van der Waals surface area contributed by atoms with E-state index in [0.717, 1.165) is 11.1 Å². The van der Waals surface area contributed by atoms with E-state index in [1.165, 1.54) is 0 Å². The first-order valence-electron chi connectivity index (χ1n) is 6.73. The van der Waals surface area contributed by atoms with Gasteiger partial charge in [0.2, 0.25) is 0 Å². The Hall–Kier alpha value is -1.42. The molecule has 0 saturated carbocycles. The van der Waals surface area contributed by atoms with Crippen molar-refractivity contribution in [3.63, 3.8) is 0 Å². The fourth-order valence-electron chi connectivity index (χ4n) is 2.22. The molecule has 2 atom stereocenters. The van der Waals surface area contributed by atoms with Crippen LogP contribution in [0.2, 0.25) is 5.02 Å². The summed E-state index contributed by atoms with van der Waals surface area (Å²) < 4.78 is 5.82. The molecule has 0 radical (unpaired) electrons. The highest BCUT2D eigenvalue weighted by molar-refractivity contribution is 6.31. The van der Waals surface area contributed by atoms with Crippen LogP contribution in [0.15, 0.2) is 48.8 Å². The number of nitrogens with zero attached hydrogens (tertiary/aromatic N) is 1. The van der Waals surface area contributed by atoms with E-state index >= 15 is 0 Å². The second-order valence-corrected chi connectivity index (χ2v) is 5.03. The first kappa shape index (κ1) is 15.0. The minimum absolute atomic E-state index is 0.134. The average molecular weight is 291 g/mol. The largest absolute Gasteiger partial charge is 0.372 e. The van der Waals surface area contributed by atoms with Crippen molar-refractivity contribution in [2.24, 2.45) is 5.73 Å². The third-order valence-electron chi connectivity index (χ3n) is 3.18. The van der Waals surface area contributed by atoms with Gasteiger partial charge in [0.1, 0.15) is 0 Å². The lowest BCUT2D eigenvalue weighted by Gasteiger charge is -2.24. The molecule has 1 heterocycles. The van der Waals surface area contributed by atoms with Gasteiger partial charge in [0.25, 0.3) is 0 Å². The number of hydrogen-bond acceptors (Lipinski definition) is 3. The smallest absolute Gasteiger partial charge is 0.0978 e. The fourth-order valence-corrected chi connectivity index (χ4v) is 2.42. The highest BCUT2D eigenvalue weighted by atomic mass is 35.5. The molecule has 2 unspecified atom stereocenters. The summed E-state index contributed by atoms with van der Waals surface area (Å²) in [6.07, 6.45) is 3.89. The van der Waals surface area contributed by atoms with Crippen molar-refractivity contribution in [3.8, 4) is 0 Å². The van der Waals surface area contributed by atoms with Crippen LogP contribution in [0.4, 0.5) is 0 Å². The summed E-state index contributed by atoms with van der Waals surface area (Å²) in [6.45, 7) is 2.60. The van der Waals surface area contributed by atoms with Crippen molar-refractivity contribution >= 4 is 11.6 Å². The van der Waals surface area contributed by atoms with Gasteiger partial charge in [-0.05, 0) is 30.5 Å². The van der Waals surface area contributed by atoms with E-state index < -0.39 is 0 Å². The Morgan fingerprint density at radius 2 is 2.00 bits per heavy atom. The molecule has 0 bridgehead atoms. The number of benzene rings is 1. The van der Waals surface area contributed by atoms with Gasteiger partial charge >= 0.3 is 0 Å². The highest BCUT2D eigenvalue weighted by Gasteiger charge is 2.21. The van der Waals surface area contributed by atoms with Gasteiger partial charge in [0.05, 0.1) is 11.1 Å². The van der Waals surface area contributed by atoms with Crippen LogP contribution in [0.1, 0.15) is 24.2 Å². The van der Waals surface area contributed by atoms with Crippen LogP contribution >= 0.6 is 11.6 Å². The third-order valence-corrected chi connectivity index (χ3v) is 3.52. The molecule has 0 saturated heterocycles. The predicted molar refractivity (Wildman–Crippen MR) is 81.7 cm³/mol. The number of rotatable bonds is 6. The number of ether oxygens (including phenoxy) is 1. The van der Waals surface area contributed by atoms with Crippen molar-refractivity contribution in [2.75, 3.05) is 6.61 Å². The van der Waals surface area contributed by atoms with Crippen LogP contribution in [-0.4, -0.2) is 17.6 Å². The van der Waals surface area contributed by atoms with Crippen LogP contribution in [0, 0.1) is 0 Å². The summed E-state index contributed by atoms with van der Waals surface area (Å²) in [5.41, 5.74) is 8.42. The molecule has 2 aromatic rings. The monoisotopic (exact) mass is 290 g/mol. The number of nitrogens with two attached hydrogens (primary N) is 1. The molecule has 2 N–H and O–H groups in total. The molecule has 20 heavy (non-hydrogen) atoms. The zero-order valence-electron chi connectivity index (χ0n) is 11.5. The minimum Gasteiger partial charge on any atom is -0.372 e. The Kier molecular flexibility index (Phi) is 5.53. The third kappa shape index (κ3) is 3.79. The van der Waals surface area contributed by atoms with Crippen LogP contribution in [0.25, 0.3) is 0 Å². The Morgan fingerprint density at radius 3 is 2.65 bits per heavy atom. The van der Waals surface area contributed by atoms with Crippen molar-refractivity contribution in [3.05, 3.63) is 64.9 Å². The SMILES string of the molecule is CCOC(c1ccccc1)C(N)Cc1ccncc1Cl. The lowest BCUT2D eigenvalue weighted by atomic mass is 9.97. The minimum atomic E-state index is -0.155. The Balaban J connectivity index is 2.16. The number of aromatic nitrogens is 1. The fraction of sp³-hybridized carbons (Fsp3) is 0.312. The van der Waals surface area contributed by atoms with E-state index in [1.807, 2.05) is 43.3 Å². The zero-order chi connectivity index (χ0) is 14.4. The van der Waals surface area contributed by atoms with Gasteiger partial charge in [-0.15, -0.1) is 0 Å². The van der Waals surface area contributed by atoms with Crippen LogP contribution < -0.4 is 5.73 Å². The summed E-state index contributed by atoms with van der Waals surface area (Å²) in [4.78, 5) is 3.99. The first-order chi connectivity index (χ1) is 9.72. The van der Waals surface area contributed by atoms with Crippen molar-refractivity contribution in [1.29, 1.82) is 0 Å². The van der Waals surface area contributed by atoms with Gasteiger partial charge in [0, 0.05) is 25.0 Å². The van der Waals surface area contributed by atoms with Crippen molar-refractivity contribution in [2.45, 2.75) is 25.5 Å². The summed E-state index contributed by atoms with van der Waals surface area (Å²) in [7, 11) is 0. The summed E-state index contributed by atoms with van der Waals surface area (Å²) in [5.74, 6) is 0. The van der Waals surface area contributed by atoms with Crippen LogP contribution in [0.5, 0.6) is 0 Å². The van der Waals surface area contributed by atoms with Gasteiger partial charge in [-0.25, -0.2) is 0 Å². The van der Waals surface area contributed by atoms with Crippen LogP contribution in [0.3, 0.4) is 0 Å². The average Bonchev–Trinajstić information content (AvgIpc) is 2.48. The van der Waals surface area contributed by atoms with E-state index in [4.69, 9.17) is 22.1 Å². The molecule has 0 fully saturated rings. The molecular formula is C16H19ClN2O. The molecule has 3 nitrogen and oxygen atoms in total. The quantitative estimate of drug-likeness (QED) is 0.887. The normalized spacial score (nSPS) is 13.9. The van der Waals surface area contributed by atoms with Gasteiger partial charge in [0.15, 0.2) is 0 Å². The molecule has 0 aliphatic heterocycles. The molecule has 4 heteroatoms. The molecule has 0 spiro atoms. The molecule has 0 amide bonds. The molecule has 1 aromatic carbocycles. The van der Waals surface area contributed by atoms with Gasteiger partial charge in [-0.1, -0.05) is 41.9 Å². The topological polar surface area (TPSA) is 48.1 Å². The van der Waals surface area contributed by atoms with Crippen molar-refractivity contribution < 1.29 is 4.74 Å². The number of halogens is 1. The molecule has 0 aliphatic carbocycles. The number of hydrogen-bond donors (Lipinski definition) is 1. The summed E-state index contributed by atoms with van der Waals surface area (Å²) in [6, 6.07) is 11.8.